The summed E-state index contributed by atoms with van der Waals surface area (Å²) in [5.41, 5.74) is -0.167. The molecule has 1 aromatic rings. The van der Waals surface area contributed by atoms with Gasteiger partial charge in [-0.15, -0.1) is 10.2 Å². The van der Waals surface area contributed by atoms with E-state index in [1.54, 1.807) is 20.8 Å². The Balaban J connectivity index is 2.97. The lowest BCUT2D eigenvalue weighted by molar-refractivity contribution is -0.153. The third-order valence-electron chi connectivity index (χ3n) is 2.18. The first-order valence-corrected chi connectivity index (χ1v) is 5.97. The molecular formula is C13H18N2O5. The number of methoxy groups -OCH3 is 2. The topological polar surface area (TPSA) is 87.6 Å². The van der Waals surface area contributed by atoms with E-state index in [0.717, 1.165) is 0 Å². The lowest BCUT2D eigenvalue weighted by Crippen LogP contribution is -2.25. The van der Waals surface area contributed by atoms with Crippen LogP contribution in [0, 0.1) is 0 Å². The normalized spacial score (nSPS) is 10.8. The lowest BCUT2D eigenvalue weighted by atomic mass is 10.1. The largest absolute Gasteiger partial charge is 0.480 e. The predicted molar refractivity (Wildman–Crippen MR) is 69.5 cm³/mol. The summed E-state index contributed by atoms with van der Waals surface area (Å²) in [4.78, 5) is 23.2. The van der Waals surface area contributed by atoms with E-state index in [2.05, 4.69) is 14.9 Å². The van der Waals surface area contributed by atoms with Gasteiger partial charge in [-0.05, 0) is 26.8 Å². The van der Waals surface area contributed by atoms with E-state index in [9.17, 15) is 9.59 Å². The molecule has 0 aliphatic rings. The Labute approximate surface area is 117 Å². The molecule has 1 aromatic heterocycles. The first kappa shape index (κ1) is 15.9. The van der Waals surface area contributed by atoms with Crippen molar-refractivity contribution < 1.29 is 23.8 Å². The summed E-state index contributed by atoms with van der Waals surface area (Å²) in [6.07, 6.45) is -0.0695. The predicted octanol–water partition coefficient (Wildman–Crippen LogP) is 1.16. The zero-order valence-electron chi connectivity index (χ0n) is 12.2. The standard InChI is InChI=1S/C13H18N2O5/c1-13(2,3)20-10(16)7-8-6-9(12(17)19-5)14-15-11(8)18-4/h6H,7H2,1-5H3. The van der Waals surface area contributed by atoms with Crippen molar-refractivity contribution in [3.05, 3.63) is 17.3 Å². The van der Waals surface area contributed by atoms with Crippen LogP contribution in [-0.2, 0) is 20.7 Å². The quantitative estimate of drug-likeness (QED) is 0.765. The van der Waals surface area contributed by atoms with Gasteiger partial charge in [0.05, 0.1) is 20.6 Å². The first-order chi connectivity index (χ1) is 9.26. The second kappa shape index (κ2) is 6.31. The fraction of sp³-hybridized carbons (Fsp3) is 0.538. The van der Waals surface area contributed by atoms with Crippen LogP contribution in [0.5, 0.6) is 5.88 Å². The highest BCUT2D eigenvalue weighted by atomic mass is 16.6. The van der Waals surface area contributed by atoms with Crippen LogP contribution in [0.2, 0.25) is 0 Å². The van der Waals surface area contributed by atoms with E-state index >= 15 is 0 Å². The summed E-state index contributed by atoms with van der Waals surface area (Å²) in [5, 5.41) is 7.40. The van der Waals surface area contributed by atoms with Crippen molar-refractivity contribution >= 4 is 11.9 Å². The van der Waals surface area contributed by atoms with Gasteiger partial charge < -0.3 is 14.2 Å². The molecule has 0 aromatic carbocycles. The van der Waals surface area contributed by atoms with Gasteiger partial charge in [0, 0.05) is 5.56 Å². The van der Waals surface area contributed by atoms with Crippen LogP contribution in [0.1, 0.15) is 36.8 Å². The zero-order valence-corrected chi connectivity index (χ0v) is 12.2. The number of hydrogen-bond acceptors (Lipinski definition) is 7. The maximum Gasteiger partial charge on any atom is 0.358 e. The van der Waals surface area contributed by atoms with Gasteiger partial charge in [-0.25, -0.2) is 4.79 Å². The van der Waals surface area contributed by atoms with E-state index in [-0.39, 0.29) is 18.0 Å². The molecule has 0 radical (unpaired) electrons. The van der Waals surface area contributed by atoms with Crippen LogP contribution in [0.25, 0.3) is 0 Å². The van der Waals surface area contributed by atoms with E-state index in [0.29, 0.717) is 5.56 Å². The number of rotatable bonds is 4. The summed E-state index contributed by atoms with van der Waals surface area (Å²) in [7, 11) is 2.64. The van der Waals surface area contributed by atoms with Crippen molar-refractivity contribution in [2.24, 2.45) is 0 Å². The molecule has 0 aliphatic carbocycles. The third-order valence-corrected chi connectivity index (χ3v) is 2.18. The summed E-state index contributed by atoms with van der Waals surface area (Å²) in [5.74, 6) is -0.909. The van der Waals surface area contributed by atoms with Crippen molar-refractivity contribution in [1.29, 1.82) is 0 Å². The van der Waals surface area contributed by atoms with Crippen molar-refractivity contribution in [3.63, 3.8) is 0 Å². The molecule has 7 nitrogen and oxygen atoms in total. The van der Waals surface area contributed by atoms with Gasteiger partial charge in [0.25, 0.3) is 0 Å². The Morgan fingerprint density at radius 1 is 1.20 bits per heavy atom. The number of aromatic nitrogens is 2. The van der Waals surface area contributed by atoms with Crippen molar-refractivity contribution in [2.75, 3.05) is 14.2 Å². The molecule has 0 unspecified atom stereocenters. The fourth-order valence-corrected chi connectivity index (χ4v) is 1.46. The van der Waals surface area contributed by atoms with Gasteiger partial charge in [0.15, 0.2) is 5.69 Å². The minimum atomic E-state index is -0.634. The van der Waals surface area contributed by atoms with E-state index in [1.165, 1.54) is 20.3 Å². The Hall–Kier alpha value is -2.18. The molecule has 0 aliphatic heterocycles. The zero-order chi connectivity index (χ0) is 15.3. The lowest BCUT2D eigenvalue weighted by Gasteiger charge is -2.19. The van der Waals surface area contributed by atoms with Crippen LogP contribution in [0.4, 0.5) is 0 Å². The molecule has 0 saturated carbocycles. The molecule has 0 bridgehead atoms. The van der Waals surface area contributed by atoms with Gasteiger partial charge >= 0.3 is 11.9 Å². The van der Waals surface area contributed by atoms with Crippen molar-refractivity contribution in [3.8, 4) is 5.88 Å². The third kappa shape index (κ3) is 4.49. The Kier molecular flexibility index (Phi) is 5.01. The highest BCUT2D eigenvalue weighted by Gasteiger charge is 2.20. The molecule has 0 fully saturated rings. The summed E-state index contributed by atoms with van der Waals surface area (Å²) in [6, 6.07) is 1.40. The SMILES string of the molecule is COC(=O)c1cc(CC(=O)OC(C)(C)C)c(OC)nn1. The van der Waals surface area contributed by atoms with E-state index < -0.39 is 17.5 Å². The molecule has 1 heterocycles. The van der Waals surface area contributed by atoms with Gasteiger partial charge in [-0.2, -0.15) is 0 Å². The number of nitrogens with zero attached hydrogens (tertiary/aromatic N) is 2. The molecule has 0 saturated heterocycles. The summed E-state index contributed by atoms with van der Waals surface area (Å²) >= 11 is 0. The van der Waals surface area contributed by atoms with Crippen molar-refractivity contribution in [2.45, 2.75) is 32.8 Å². The number of ether oxygens (including phenoxy) is 3. The van der Waals surface area contributed by atoms with Gasteiger partial charge in [-0.3, -0.25) is 4.79 Å². The molecule has 0 atom stereocenters. The molecule has 1 rings (SSSR count). The van der Waals surface area contributed by atoms with Crippen LogP contribution in [-0.4, -0.2) is 42.0 Å². The van der Waals surface area contributed by atoms with E-state index in [4.69, 9.17) is 9.47 Å². The van der Waals surface area contributed by atoms with Gasteiger partial charge in [0.2, 0.25) is 5.88 Å². The fourth-order valence-electron chi connectivity index (χ4n) is 1.46. The van der Waals surface area contributed by atoms with Crippen LogP contribution in [0.15, 0.2) is 6.07 Å². The van der Waals surface area contributed by atoms with E-state index in [1.807, 2.05) is 0 Å². The number of esters is 2. The molecular weight excluding hydrogens is 264 g/mol. The minimum Gasteiger partial charge on any atom is -0.480 e. The van der Waals surface area contributed by atoms with Gasteiger partial charge in [-0.1, -0.05) is 0 Å². The minimum absolute atomic E-state index is 0.00635. The summed E-state index contributed by atoms with van der Waals surface area (Å²) in [6.45, 7) is 5.31. The smallest absolute Gasteiger partial charge is 0.358 e. The number of carbonyl (C=O) groups is 2. The highest BCUT2D eigenvalue weighted by molar-refractivity contribution is 5.87. The maximum absolute atomic E-state index is 11.8. The number of carbonyl (C=O) groups excluding carboxylic acids is 2. The Morgan fingerprint density at radius 3 is 2.35 bits per heavy atom. The van der Waals surface area contributed by atoms with Crippen LogP contribution in [0.3, 0.4) is 0 Å². The molecule has 0 spiro atoms. The first-order valence-electron chi connectivity index (χ1n) is 5.97. The maximum atomic E-state index is 11.8. The van der Waals surface area contributed by atoms with Crippen LogP contribution >= 0.6 is 0 Å². The Morgan fingerprint density at radius 2 is 1.85 bits per heavy atom. The van der Waals surface area contributed by atoms with Crippen molar-refractivity contribution in [1.82, 2.24) is 10.2 Å². The molecule has 7 heteroatoms. The highest BCUT2D eigenvalue weighted by Crippen LogP contribution is 2.18. The second-order valence-corrected chi connectivity index (χ2v) is 5.02. The average Bonchev–Trinajstić information content (AvgIpc) is 2.35. The number of hydrogen-bond donors (Lipinski definition) is 0. The average molecular weight is 282 g/mol. The molecule has 20 heavy (non-hydrogen) atoms. The monoisotopic (exact) mass is 282 g/mol. The molecule has 110 valence electrons. The molecule has 0 N–H and O–H groups in total. The molecule has 0 amide bonds. The van der Waals surface area contributed by atoms with Crippen LogP contribution < -0.4 is 4.74 Å². The summed E-state index contributed by atoms with van der Waals surface area (Å²) < 4.78 is 14.8. The second-order valence-electron chi connectivity index (χ2n) is 5.02. The Bertz CT molecular complexity index is 508. The van der Waals surface area contributed by atoms with Gasteiger partial charge in [0.1, 0.15) is 5.60 Å².